The molecule has 2 amide bonds. The Hall–Kier alpha value is -1.69. The molecule has 26 heavy (non-hydrogen) atoms. The third kappa shape index (κ3) is 3.70. The Morgan fingerprint density at radius 2 is 1.65 bits per heavy atom. The lowest BCUT2D eigenvalue weighted by atomic mass is 9.49. The van der Waals surface area contributed by atoms with Gasteiger partial charge in [-0.2, -0.15) is 5.10 Å². The molecule has 1 aromatic rings. The maximum atomic E-state index is 12.8. The van der Waals surface area contributed by atoms with Crippen LogP contribution in [0.5, 0.6) is 0 Å². The van der Waals surface area contributed by atoms with Crippen LogP contribution >= 0.6 is 15.9 Å². The van der Waals surface area contributed by atoms with E-state index in [1.165, 1.54) is 19.3 Å². The molecular weight excluding hydrogens is 394 g/mol. The van der Waals surface area contributed by atoms with Crippen LogP contribution in [0, 0.1) is 23.2 Å². The number of carbonyl (C=O) groups is 2. The fourth-order valence-electron chi connectivity index (χ4n) is 5.50. The lowest BCUT2D eigenvalue weighted by Crippen LogP contribution is -2.54. The van der Waals surface area contributed by atoms with Crippen LogP contribution in [0.3, 0.4) is 0 Å². The van der Waals surface area contributed by atoms with Gasteiger partial charge in [-0.3, -0.25) is 9.59 Å². The number of hydrogen-bond acceptors (Lipinski definition) is 3. The van der Waals surface area contributed by atoms with E-state index in [2.05, 4.69) is 31.8 Å². The number of nitrogens with zero attached hydrogens (tertiary/aromatic N) is 1. The van der Waals surface area contributed by atoms with Crippen LogP contribution in [0.15, 0.2) is 33.8 Å². The molecule has 0 aromatic heterocycles. The highest BCUT2D eigenvalue weighted by Gasteiger charge is 2.54. The normalized spacial score (nSPS) is 32.0. The molecule has 4 aliphatic carbocycles. The molecule has 5 rings (SSSR count). The van der Waals surface area contributed by atoms with Gasteiger partial charge in [0, 0.05) is 9.89 Å². The van der Waals surface area contributed by atoms with Crippen LogP contribution in [0.25, 0.3) is 0 Å². The van der Waals surface area contributed by atoms with Crippen LogP contribution in [0.4, 0.5) is 0 Å². The summed E-state index contributed by atoms with van der Waals surface area (Å²) in [6.07, 6.45) is 8.52. The van der Waals surface area contributed by atoms with Gasteiger partial charge in [0.05, 0.1) is 12.8 Å². The molecule has 4 aliphatic rings. The van der Waals surface area contributed by atoms with Crippen molar-refractivity contribution >= 4 is 34.0 Å². The van der Waals surface area contributed by atoms with Gasteiger partial charge in [0.2, 0.25) is 5.91 Å². The molecule has 0 saturated heterocycles. The first-order valence-corrected chi connectivity index (χ1v) is 10.2. The standard InChI is InChI=1S/C20H24BrN3O2/c21-17-3-1-13(2-4-17)11-23-24-18(25)12-22-19(26)20-8-14-5-15(9-20)7-16(6-14)10-20/h1-4,11,14-16H,5-10,12H2,(H,22,26)(H,24,25)/b23-11-. The number of amides is 2. The van der Waals surface area contributed by atoms with E-state index >= 15 is 0 Å². The smallest absolute Gasteiger partial charge is 0.259 e. The van der Waals surface area contributed by atoms with E-state index in [4.69, 9.17) is 0 Å². The summed E-state index contributed by atoms with van der Waals surface area (Å²) >= 11 is 3.37. The summed E-state index contributed by atoms with van der Waals surface area (Å²) in [5, 5.41) is 6.81. The topological polar surface area (TPSA) is 70.6 Å². The van der Waals surface area contributed by atoms with Crippen LogP contribution in [0.1, 0.15) is 44.1 Å². The lowest BCUT2D eigenvalue weighted by molar-refractivity contribution is -0.147. The van der Waals surface area contributed by atoms with Crippen LogP contribution in [-0.2, 0) is 9.59 Å². The number of carbonyl (C=O) groups excluding carboxylic acids is 2. The molecule has 4 bridgehead atoms. The predicted molar refractivity (Wildman–Crippen MR) is 103 cm³/mol. The summed E-state index contributed by atoms with van der Waals surface area (Å²) in [6, 6.07) is 7.62. The average molecular weight is 418 g/mol. The quantitative estimate of drug-likeness (QED) is 0.570. The van der Waals surface area contributed by atoms with E-state index in [1.807, 2.05) is 24.3 Å². The Morgan fingerprint density at radius 1 is 1.08 bits per heavy atom. The molecule has 4 fully saturated rings. The van der Waals surface area contributed by atoms with E-state index in [9.17, 15) is 9.59 Å². The maximum absolute atomic E-state index is 12.8. The number of nitrogens with one attached hydrogen (secondary N) is 2. The number of hydrogen-bond donors (Lipinski definition) is 2. The minimum Gasteiger partial charge on any atom is -0.346 e. The Bertz CT molecular complexity index is 694. The number of benzene rings is 1. The molecule has 6 heteroatoms. The maximum Gasteiger partial charge on any atom is 0.259 e. The summed E-state index contributed by atoms with van der Waals surface area (Å²) in [7, 11) is 0. The van der Waals surface area contributed by atoms with Gasteiger partial charge >= 0.3 is 0 Å². The summed E-state index contributed by atoms with van der Waals surface area (Å²) in [5.74, 6) is 1.93. The highest BCUT2D eigenvalue weighted by Crippen LogP contribution is 2.60. The Kier molecular flexibility index (Phi) is 4.86. The van der Waals surface area contributed by atoms with Crippen molar-refractivity contribution in [2.24, 2.45) is 28.3 Å². The van der Waals surface area contributed by atoms with Crippen molar-refractivity contribution in [3.63, 3.8) is 0 Å². The minimum atomic E-state index is -0.295. The molecule has 5 nitrogen and oxygen atoms in total. The monoisotopic (exact) mass is 417 g/mol. The lowest BCUT2D eigenvalue weighted by Gasteiger charge is -2.55. The summed E-state index contributed by atoms with van der Waals surface area (Å²) < 4.78 is 0.992. The summed E-state index contributed by atoms with van der Waals surface area (Å²) in [4.78, 5) is 24.8. The van der Waals surface area contributed by atoms with Gasteiger partial charge in [-0.25, -0.2) is 5.43 Å². The largest absolute Gasteiger partial charge is 0.346 e. The molecule has 1 aromatic carbocycles. The van der Waals surface area contributed by atoms with Gasteiger partial charge < -0.3 is 5.32 Å². The van der Waals surface area contributed by atoms with Crippen LogP contribution in [0.2, 0.25) is 0 Å². The zero-order valence-corrected chi connectivity index (χ0v) is 16.3. The molecule has 0 heterocycles. The molecule has 0 spiro atoms. The van der Waals surface area contributed by atoms with Crippen molar-refractivity contribution in [1.82, 2.24) is 10.7 Å². The molecule has 0 atom stereocenters. The molecule has 0 aliphatic heterocycles. The summed E-state index contributed by atoms with van der Waals surface area (Å²) in [5.41, 5.74) is 3.16. The van der Waals surface area contributed by atoms with Gasteiger partial charge in [-0.1, -0.05) is 28.1 Å². The molecule has 0 radical (unpaired) electrons. The molecule has 4 saturated carbocycles. The van der Waals surface area contributed by atoms with Gasteiger partial charge in [0.15, 0.2) is 0 Å². The van der Waals surface area contributed by atoms with E-state index in [0.29, 0.717) is 0 Å². The molecule has 0 unspecified atom stereocenters. The van der Waals surface area contributed by atoms with Crippen molar-refractivity contribution in [2.45, 2.75) is 38.5 Å². The van der Waals surface area contributed by atoms with Crippen LogP contribution < -0.4 is 10.7 Å². The average Bonchev–Trinajstić information content (AvgIpc) is 2.60. The van der Waals surface area contributed by atoms with Gasteiger partial charge in [-0.05, 0) is 74.0 Å². The van der Waals surface area contributed by atoms with Gasteiger partial charge in [-0.15, -0.1) is 0 Å². The van der Waals surface area contributed by atoms with Crippen molar-refractivity contribution in [3.05, 3.63) is 34.3 Å². The molecular formula is C20H24BrN3O2. The number of rotatable bonds is 5. The molecule has 2 N–H and O–H groups in total. The second kappa shape index (κ2) is 7.14. The van der Waals surface area contributed by atoms with Gasteiger partial charge in [0.1, 0.15) is 0 Å². The summed E-state index contributed by atoms with van der Waals surface area (Å²) in [6.45, 7) is -0.0156. The first-order valence-electron chi connectivity index (χ1n) is 9.38. The Morgan fingerprint density at radius 3 is 2.23 bits per heavy atom. The SMILES string of the molecule is O=C(CNC(=O)C12CC3CC(CC(C3)C1)C2)N/N=C\c1ccc(Br)cc1. The van der Waals surface area contributed by atoms with Crippen molar-refractivity contribution in [2.75, 3.05) is 6.54 Å². The van der Waals surface area contributed by atoms with E-state index in [0.717, 1.165) is 47.1 Å². The highest BCUT2D eigenvalue weighted by atomic mass is 79.9. The van der Waals surface area contributed by atoms with Crippen molar-refractivity contribution in [3.8, 4) is 0 Å². The third-order valence-electron chi connectivity index (χ3n) is 6.20. The Balaban J connectivity index is 1.26. The predicted octanol–water partition coefficient (Wildman–Crippen LogP) is 3.23. The third-order valence-corrected chi connectivity index (χ3v) is 6.73. The zero-order chi connectivity index (χ0) is 18.1. The first-order chi connectivity index (χ1) is 12.5. The van der Waals surface area contributed by atoms with Gasteiger partial charge in [0.25, 0.3) is 5.91 Å². The minimum absolute atomic E-state index is 0.0156. The van der Waals surface area contributed by atoms with Crippen molar-refractivity contribution in [1.29, 1.82) is 0 Å². The van der Waals surface area contributed by atoms with E-state index < -0.39 is 0 Å². The van der Waals surface area contributed by atoms with E-state index in [-0.39, 0.29) is 23.8 Å². The Labute approximate surface area is 162 Å². The zero-order valence-electron chi connectivity index (χ0n) is 14.7. The second-order valence-electron chi connectivity index (χ2n) is 8.23. The fraction of sp³-hybridized carbons (Fsp3) is 0.550. The number of halogens is 1. The number of hydrazone groups is 1. The molecule has 138 valence electrons. The second-order valence-corrected chi connectivity index (χ2v) is 9.14. The fourth-order valence-corrected chi connectivity index (χ4v) is 5.77. The van der Waals surface area contributed by atoms with Crippen LogP contribution in [-0.4, -0.2) is 24.6 Å². The highest BCUT2D eigenvalue weighted by molar-refractivity contribution is 9.10. The van der Waals surface area contributed by atoms with Crippen molar-refractivity contribution < 1.29 is 9.59 Å². The first kappa shape index (κ1) is 17.7. The van der Waals surface area contributed by atoms with E-state index in [1.54, 1.807) is 6.21 Å².